The van der Waals surface area contributed by atoms with E-state index in [2.05, 4.69) is 5.32 Å². The van der Waals surface area contributed by atoms with Crippen molar-refractivity contribution in [3.8, 4) is 6.07 Å². The van der Waals surface area contributed by atoms with Crippen molar-refractivity contribution < 1.29 is 23.1 Å². The third-order valence-corrected chi connectivity index (χ3v) is 3.07. The van der Waals surface area contributed by atoms with Gasteiger partial charge in [-0.05, 0) is 37.3 Å². The van der Waals surface area contributed by atoms with Gasteiger partial charge in [0.15, 0.2) is 17.7 Å². The number of halogens is 2. The van der Waals surface area contributed by atoms with Crippen LogP contribution in [0.4, 0.5) is 14.5 Å². The van der Waals surface area contributed by atoms with Crippen molar-refractivity contribution in [2.75, 3.05) is 5.32 Å². The molecule has 0 aliphatic carbocycles. The third-order valence-electron chi connectivity index (χ3n) is 3.07. The highest BCUT2D eigenvalue weighted by atomic mass is 19.2. The summed E-state index contributed by atoms with van der Waals surface area (Å²) < 4.78 is 30.9. The number of nitrogens with zero attached hydrogens (tertiary/aromatic N) is 1. The number of carbonyl (C=O) groups excluding carboxylic acids is 2. The molecule has 0 saturated heterocycles. The molecule has 1 amide bonds. The van der Waals surface area contributed by atoms with Gasteiger partial charge in [0, 0.05) is 11.8 Å². The Bertz CT molecular complexity index is 831. The molecular weight excluding hydrogens is 318 g/mol. The van der Waals surface area contributed by atoms with E-state index in [0.717, 1.165) is 12.1 Å². The third kappa shape index (κ3) is 4.14. The van der Waals surface area contributed by atoms with Gasteiger partial charge in [-0.3, -0.25) is 4.79 Å². The summed E-state index contributed by atoms with van der Waals surface area (Å²) in [5, 5.41) is 11.1. The van der Waals surface area contributed by atoms with Crippen molar-refractivity contribution >= 4 is 17.6 Å². The van der Waals surface area contributed by atoms with Crippen LogP contribution in [0.15, 0.2) is 42.5 Å². The molecule has 0 spiro atoms. The molecule has 0 saturated carbocycles. The van der Waals surface area contributed by atoms with Gasteiger partial charge in [-0.2, -0.15) is 5.26 Å². The van der Waals surface area contributed by atoms with Crippen LogP contribution in [0, 0.1) is 23.0 Å². The van der Waals surface area contributed by atoms with Crippen LogP contribution in [0.25, 0.3) is 0 Å². The summed E-state index contributed by atoms with van der Waals surface area (Å²) in [6.07, 6.45) is -1.17. The molecule has 0 aliphatic heterocycles. The Labute approximate surface area is 136 Å². The zero-order valence-corrected chi connectivity index (χ0v) is 12.5. The maximum absolute atomic E-state index is 13.1. The number of carbonyl (C=O) groups is 2. The largest absolute Gasteiger partial charge is 0.449 e. The number of amides is 1. The fourth-order valence-corrected chi connectivity index (χ4v) is 1.82. The monoisotopic (exact) mass is 330 g/mol. The van der Waals surface area contributed by atoms with Crippen molar-refractivity contribution in [3.05, 3.63) is 65.2 Å². The maximum Gasteiger partial charge on any atom is 0.338 e. The summed E-state index contributed by atoms with van der Waals surface area (Å²) in [5.41, 5.74) is 0.443. The second-order valence-corrected chi connectivity index (χ2v) is 4.86. The minimum Gasteiger partial charge on any atom is -0.449 e. The minimum atomic E-state index is -1.17. The summed E-state index contributed by atoms with van der Waals surface area (Å²) in [6.45, 7) is 1.33. The van der Waals surface area contributed by atoms with Gasteiger partial charge in [-0.1, -0.05) is 6.07 Å². The second-order valence-electron chi connectivity index (χ2n) is 4.86. The Kier molecular flexibility index (Phi) is 5.22. The average Bonchev–Trinajstić information content (AvgIpc) is 2.58. The number of nitriles is 1. The number of hydrogen-bond acceptors (Lipinski definition) is 4. The van der Waals surface area contributed by atoms with Crippen molar-refractivity contribution in [2.24, 2.45) is 0 Å². The smallest absolute Gasteiger partial charge is 0.338 e. The fraction of sp³-hybridized carbons (Fsp3) is 0.118. The number of benzene rings is 2. The summed E-state index contributed by atoms with van der Waals surface area (Å²) in [6, 6.07) is 10.6. The van der Waals surface area contributed by atoms with Gasteiger partial charge in [-0.25, -0.2) is 13.6 Å². The van der Waals surface area contributed by atoms with Crippen molar-refractivity contribution in [3.63, 3.8) is 0 Å². The van der Waals surface area contributed by atoms with Crippen LogP contribution >= 0.6 is 0 Å². The lowest BCUT2D eigenvalue weighted by molar-refractivity contribution is -0.123. The quantitative estimate of drug-likeness (QED) is 0.874. The van der Waals surface area contributed by atoms with Crippen LogP contribution in [0.5, 0.6) is 0 Å². The van der Waals surface area contributed by atoms with E-state index in [1.807, 2.05) is 6.07 Å². The SMILES string of the molecule is C[C@@H](OC(=O)c1cccc(C#N)c1)C(=O)Nc1ccc(F)c(F)c1. The lowest BCUT2D eigenvalue weighted by Crippen LogP contribution is -2.30. The number of esters is 1. The van der Waals surface area contributed by atoms with Crippen LogP contribution in [-0.2, 0) is 9.53 Å². The Morgan fingerprint density at radius 2 is 1.92 bits per heavy atom. The molecule has 2 aromatic carbocycles. The molecule has 2 aromatic rings. The molecule has 1 atom stereocenters. The number of hydrogen-bond donors (Lipinski definition) is 1. The van der Waals surface area contributed by atoms with Gasteiger partial charge in [-0.15, -0.1) is 0 Å². The molecule has 0 aliphatic rings. The lowest BCUT2D eigenvalue weighted by atomic mass is 10.1. The van der Waals surface area contributed by atoms with Gasteiger partial charge in [0.25, 0.3) is 5.91 Å². The molecule has 0 fully saturated rings. The van der Waals surface area contributed by atoms with Crippen LogP contribution < -0.4 is 5.32 Å². The lowest BCUT2D eigenvalue weighted by Gasteiger charge is -2.13. The predicted octanol–water partition coefficient (Wildman–Crippen LogP) is 3.02. The Balaban J connectivity index is 2.01. The highest BCUT2D eigenvalue weighted by Gasteiger charge is 2.19. The molecule has 0 unspecified atom stereocenters. The van der Waals surface area contributed by atoms with E-state index >= 15 is 0 Å². The number of ether oxygens (including phenoxy) is 1. The maximum atomic E-state index is 13.1. The molecule has 24 heavy (non-hydrogen) atoms. The summed E-state index contributed by atoms with van der Waals surface area (Å²) in [7, 11) is 0. The van der Waals surface area contributed by atoms with E-state index < -0.39 is 29.6 Å². The first-order valence-electron chi connectivity index (χ1n) is 6.88. The Morgan fingerprint density at radius 1 is 1.17 bits per heavy atom. The van der Waals surface area contributed by atoms with E-state index in [9.17, 15) is 18.4 Å². The zero-order chi connectivity index (χ0) is 17.7. The normalized spacial score (nSPS) is 11.2. The molecule has 0 aromatic heterocycles. The summed E-state index contributed by atoms with van der Waals surface area (Å²) >= 11 is 0. The van der Waals surface area contributed by atoms with Gasteiger partial charge >= 0.3 is 5.97 Å². The average molecular weight is 330 g/mol. The van der Waals surface area contributed by atoms with Gasteiger partial charge in [0.1, 0.15) is 0 Å². The second kappa shape index (κ2) is 7.33. The molecule has 0 radical (unpaired) electrons. The van der Waals surface area contributed by atoms with Crippen molar-refractivity contribution in [1.82, 2.24) is 0 Å². The van der Waals surface area contributed by atoms with Crippen molar-refractivity contribution in [2.45, 2.75) is 13.0 Å². The van der Waals surface area contributed by atoms with Gasteiger partial charge < -0.3 is 10.1 Å². The number of nitrogens with one attached hydrogen (secondary N) is 1. The topological polar surface area (TPSA) is 79.2 Å². The van der Waals surface area contributed by atoms with Crippen LogP contribution in [0.3, 0.4) is 0 Å². The zero-order valence-electron chi connectivity index (χ0n) is 12.5. The molecule has 1 N–H and O–H groups in total. The van der Waals surface area contributed by atoms with E-state index in [0.29, 0.717) is 0 Å². The van der Waals surface area contributed by atoms with E-state index in [-0.39, 0.29) is 16.8 Å². The predicted molar refractivity (Wildman–Crippen MR) is 81.0 cm³/mol. The van der Waals surface area contributed by atoms with Crippen LogP contribution in [0.1, 0.15) is 22.8 Å². The van der Waals surface area contributed by atoms with E-state index in [4.69, 9.17) is 10.00 Å². The minimum absolute atomic E-state index is 0.0354. The Hall–Kier alpha value is -3.27. The Morgan fingerprint density at radius 3 is 2.58 bits per heavy atom. The van der Waals surface area contributed by atoms with Crippen LogP contribution in [0.2, 0.25) is 0 Å². The first kappa shape index (κ1) is 17.1. The fourth-order valence-electron chi connectivity index (χ4n) is 1.82. The van der Waals surface area contributed by atoms with E-state index in [1.54, 1.807) is 0 Å². The molecule has 0 bridgehead atoms. The molecular formula is C17H12F2N2O3. The number of anilines is 1. The van der Waals surface area contributed by atoms with Crippen molar-refractivity contribution in [1.29, 1.82) is 5.26 Å². The summed E-state index contributed by atoms with van der Waals surface area (Å²) in [5.74, 6) is -3.62. The van der Waals surface area contributed by atoms with Gasteiger partial charge in [0.2, 0.25) is 0 Å². The van der Waals surface area contributed by atoms with E-state index in [1.165, 1.54) is 37.3 Å². The van der Waals surface area contributed by atoms with Gasteiger partial charge in [0.05, 0.1) is 17.2 Å². The highest BCUT2D eigenvalue weighted by Crippen LogP contribution is 2.14. The molecule has 5 nitrogen and oxygen atoms in total. The first-order chi connectivity index (χ1) is 11.4. The van der Waals surface area contributed by atoms with Crippen LogP contribution in [-0.4, -0.2) is 18.0 Å². The first-order valence-corrected chi connectivity index (χ1v) is 6.88. The molecule has 7 heteroatoms. The summed E-state index contributed by atoms with van der Waals surface area (Å²) in [4.78, 5) is 23.9. The standard InChI is InChI=1S/C17H12F2N2O3/c1-10(16(22)21-13-5-6-14(18)15(19)8-13)24-17(23)12-4-2-3-11(7-12)9-20/h2-8,10H,1H3,(H,21,22)/t10-/m1/s1. The molecule has 2 rings (SSSR count). The molecule has 0 heterocycles. The highest BCUT2D eigenvalue weighted by molar-refractivity contribution is 5.97. The molecule has 122 valence electrons. The number of rotatable bonds is 4.